The molecule has 1 aliphatic heterocycles. The van der Waals surface area contributed by atoms with Gasteiger partial charge in [0.1, 0.15) is 5.57 Å². The third-order valence-corrected chi connectivity index (χ3v) is 6.16. The van der Waals surface area contributed by atoms with Crippen molar-refractivity contribution in [1.29, 1.82) is 0 Å². The summed E-state index contributed by atoms with van der Waals surface area (Å²) < 4.78 is 0.900. The van der Waals surface area contributed by atoms with Crippen LogP contribution in [-0.2, 0) is 16.0 Å². The van der Waals surface area contributed by atoms with Gasteiger partial charge < -0.3 is 0 Å². The highest BCUT2D eigenvalue weighted by molar-refractivity contribution is 9.10. The summed E-state index contributed by atoms with van der Waals surface area (Å²) in [6.45, 7) is 0. The Bertz CT molecular complexity index is 1390. The second-order valence-electron chi connectivity index (χ2n) is 7.35. The Hall–Kier alpha value is -3.82. The molecule has 3 aromatic carbocycles. The van der Waals surface area contributed by atoms with E-state index >= 15 is 0 Å². The van der Waals surface area contributed by atoms with Crippen LogP contribution in [0.25, 0.3) is 6.08 Å². The van der Waals surface area contributed by atoms with E-state index in [1.165, 1.54) is 24.3 Å². The highest BCUT2D eigenvalue weighted by Gasteiger charge is 2.37. The summed E-state index contributed by atoms with van der Waals surface area (Å²) in [4.78, 5) is 49.4. The normalized spacial score (nSPS) is 14.9. The molecule has 8 nitrogen and oxygen atoms in total. The lowest BCUT2D eigenvalue weighted by molar-refractivity contribution is -0.384. The van der Waals surface area contributed by atoms with Crippen LogP contribution < -0.4 is 10.2 Å². The molecule has 1 fully saturated rings. The van der Waals surface area contributed by atoms with Crippen molar-refractivity contribution in [3.63, 3.8) is 0 Å². The third kappa shape index (κ3) is 4.75. The first kappa shape index (κ1) is 23.3. The number of anilines is 1. The number of barbiturate groups is 1. The summed E-state index contributed by atoms with van der Waals surface area (Å²) in [7, 11) is 0. The smallest absolute Gasteiger partial charge is 0.273 e. The minimum atomic E-state index is -0.993. The van der Waals surface area contributed by atoms with Crippen molar-refractivity contribution in [3.05, 3.63) is 109 Å². The maximum Gasteiger partial charge on any atom is 0.335 e. The molecule has 3 aromatic rings. The number of amides is 4. The molecule has 0 aliphatic carbocycles. The van der Waals surface area contributed by atoms with Crippen LogP contribution in [0.2, 0.25) is 5.02 Å². The Balaban J connectivity index is 1.76. The van der Waals surface area contributed by atoms with E-state index in [2.05, 4.69) is 21.2 Å². The average Bonchev–Trinajstić information content (AvgIpc) is 2.79. The molecule has 4 rings (SSSR count). The van der Waals surface area contributed by atoms with E-state index in [4.69, 9.17) is 11.6 Å². The quantitative estimate of drug-likeness (QED) is 0.205. The van der Waals surface area contributed by atoms with E-state index in [0.29, 0.717) is 21.9 Å². The fraction of sp³-hybridized carbons (Fsp3) is 0.0417. The van der Waals surface area contributed by atoms with Crippen molar-refractivity contribution in [1.82, 2.24) is 5.32 Å². The molecule has 0 atom stereocenters. The van der Waals surface area contributed by atoms with Crippen LogP contribution >= 0.6 is 27.5 Å². The van der Waals surface area contributed by atoms with E-state index in [1.54, 1.807) is 18.2 Å². The number of non-ortho nitro benzene ring substituents is 1. The zero-order valence-electron chi connectivity index (χ0n) is 17.3. The molecule has 0 bridgehead atoms. The van der Waals surface area contributed by atoms with E-state index in [-0.39, 0.29) is 16.9 Å². The zero-order chi connectivity index (χ0) is 24.4. The number of nitro benzene ring substituents is 1. The number of rotatable bonds is 5. The molecule has 0 radical (unpaired) electrons. The van der Waals surface area contributed by atoms with Crippen molar-refractivity contribution in [3.8, 4) is 0 Å². The van der Waals surface area contributed by atoms with Crippen molar-refractivity contribution >= 4 is 62.8 Å². The van der Waals surface area contributed by atoms with Crippen LogP contribution in [0.15, 0.2) is 76.8 Å². The molecule has 1 heterocycles. The summed E-state index contributed by atoms with van der Waals surface area (Å²) in [5, 5.41) is 13.6. The van der Waals surface area contributed by atoms with Crippen LogP contribution in [0, 0.1) is 10.1 Å². The number of urea groups is 1. The molecule has 1 N–H and O–H groups in total. The number of carbonyl (C=O) groups is 3. The van der Waals surface area contributed by atoms with E-state index in [1.807, 2.05) is 24.3 Å². The third-order valence-electron chi connectivity index (χ3n) is 5.15. The summed E-state index contributed by atoms with van der Waals surface area (Å²) in [6, 6.07) is 16.8. The zero-order valence-corrected chi connectivity index (χ0v) is 19.7. The molecule has 0 unspecified atom stereocenters. The van der Waals surface area contributed by atoms with Gasteiger partial charge in [0.2, 0.25) is 0 Å². The molecular formula is C24H15BrClN3O5. The molecule has 1 aliphatic rings. The number of carbonyl (C=O) groups excluding carboxylic acids is 3. The van der Waals surface area contributed by atoms with Crippen molar-refractivity contribution in [2.75, 3.05) is 4.90 Å². The minimum absolute atomic E-state index is 0.0327. The largest absolute Gasteiger partial charge is 0.335 e. The molecular weight excluding hydrogens is 526 g/mol. The van der Waals surface area contributed by atoms with Crippen LogP contribution in [0.4, 0.5) is 16.2 Å². The van der Waals surface area contributed by atoms with Gasteiger partial charge in [-0.2, -0.15) is 0 Å². The lowest BCUT2D eigenvalue weighted by Crippen LogP contribution is -2.54. The van der Waals surface area contributed by atoms with Crippen molar-refractivity contribution < 1.29 is 19.3 Å². The van der Waals surface area contributed by atoms with Gasteiger partial charge in [0.05, 0.1) is 10.6 Å². The summed E-state index contributed by atoms with van der Waals surface area (Å²) in [5.41, 5.74) is 1.66. The van der Waals surface area contributed by atoms with Gasteiger partial charge in [0.15, 0.2) is 0 Å². The Kier molecular flexibility index (Phi) is 6.58. The van der Waals surface area contributed by atoms with Crippen LogP contribution in [0.3, 0.4) is 0 Å². The molecule has 0 spiro atoms. The SMILES string of the molecule is O=C1NC(=O)N(c2cccc([N+](=O)[O-])c2)C(=O)/C1=C/c1cc(Cl)ccc1Cc1ccccc1Br. The van der Waals surface area contributed by atoms with Crippen molar-refractivity contribution in [2.45, 2.75) is 6.42 Å². The summed E-state index contributed by atoms with van der Waals surface area (Å²) >= 11 is 9.70. The van der Waals surface area contributed by atoms with Gasteiger partial charge in [-0.05, 0) is 53.5 Å². The first-order chi connectivity index (χ1) is 16.2. The number of benzene rings is 3. The first-order valence-corrected chi connectivity index (χ1v) is 11.1. The van der Waals surface area contributed by atoms with Crippen molar-refractivity contribution in [2.24, 2.45) is 0 Å². The fourth-order valence-electron chi connectivity index (χ4n) is 3.50. The summed E-state index contributed by atoms with van der Waals surface area (Å²) in [6.07, 6.45) is 1.85. The fourth-order valence-corrected chi connectivity index (χ4v) is 4.11. The van der Waals surface area contributed by atoms with Gasteiger partial charge in [-0.3, -0.25) is 25.0 Å². The van der Waals surface area contributed by atoms with Gasteiger partial charge >= 0.3 is 6.03 Å². The van der Waals surface area contributed by atoms with Gasteiger partial charge in [-0.1, -0.05) is 57.9 Å². The molecule has 34 heavy (non-hydrogen) atoms. The van der Waals surface area contributed by atoms with Gasteiger partial charge in [0.25, 0.3) is 17.5 Å². The second-order valence-corrected chi connectivity index (χ2v) is 8.64. The average molecular weight is 541 g/mol. The molecule has 4 amide bonds. The number of halogens is 2. The Labute approximate surface area is 207 Å². The predicted octanol–water partition coefficient (Wildman–Crippen LogP) is 5.27. The minimum Gasteiger partial charge on any atom is -0.273 e. The number of nitro groups is 1. The standard InChI is InChI=1S/C24H15BrClN3O5/c25-21-7-2-1-4-15(21)10-14-8-9-17(26)11-16(14)12-20-22(30)27-24(32)28(23(20)31)18-5-3-6-19(13-18)29(33)34/h1-9,11-13H,10H2,(H,27,30,32)/b20-12+. The maximum absolute atomic E-state index is 13.2. The van der Waals surface area contributed by atoms with Crippen LogP contribution in [-0.4, -0.2) is 22.8 Å². The van der Waals surface area contributed by atoms with Gasteiger partial charge in [-0.15, -0.1) is 0 Å². The number of nitrogens with zero attached hydrogens (tertiary/aromatic N) is 2. The highest BCUT2D eigenvalue weighted by atomic mass is 79.9. The predicted molar refractivity (Wildman–Crippen MR) is 130 cm³/mol. The number of nitrogens with one attached hydrogen (secondary N) is 1. The first-order valence-electron chi connectivity index (χ1n) is 9.92. The molecule has 0 saturated carbocycles. The molecule has 10 heteroatoms. The van der Waals surface area contributed by atoms with Crippen LogP contribution in [0.5, 0.6) is 0 Å². The monoisotopic (exact) mass is 539 g/mol. The number of imide groups is 2. The van der Waals surface area contributed by atoms with Crippen LogP contribution in [0.1, 0.15) is 16.7 Å². The molecule has 170 valence electrons. The Morgan fingerprint density at radius 2 is 1.76 bits per heavy atom. The molecule has 1 saturated heterocycles. The van der Waals surface area contributed by atoms with E-state index < -0.39 is 22.8 Å². The Morgan fingerprint density at radius 1 is 1.00 bits per heavy atom. The Morgan fingerprint density at radius 3 is 2.50 bits per heavy atom. The van der Waals surface area contributed by atoms with Gasteiger partial charge in [0, 0.05) is 21.6 Å². The molecule has 0 aromatic heterocycles. The maximum atomic E-state index is 13.2. The topological polar surface area (TPSA) is 110 Å². The van der Waals surface area contributed by atoms with E-state index in [0.717, 1.165) is 21.7 Å². The van der Waals surface area contributed by atoms with E-state index in [9.17, 15) is 24.5 Å². The lowest BCUT2D eigenvalue weighted by Gasteiger charge is -2.26. The second kappa shape index (κ2) is 9.58. The summed E-state index contributed by atoms with van der Waals surface area (Å²) in [5.74, 6) is -1.77. The lowest BCUT2D eigenvalue weighted by atomic mass is 9.97. The number of hydrogen-bond donors (Lipinski definition) is 1. The highest BCUT2D eigenvalue weighted by Crippen LogP contribution is 2.28. The number of hydrogen-bond acceptors (Lipinski definition) is 5. The van der Waals surface area contributed by atoms with Gasteiger partial charge in [-0.25, -0.2) is 9.69 Å².